The predicted molar refractivity (Wildman–Crippen MR) is 64.8 cm³/mol. The number of rotatable bonds is 8. The molecule has 0 atom stereocenters. The van der Waals surface area contributed by atoms with Gasteiger partial charge in [0.1, 0.15) is 12.9 Å². The highest BCUT2D eigenvalue weighted by molar-refractivity contribution is 5.75. The Morgan fingerprint density at radius 2 is 2.00 bits per heavy atom. The molecule has 8 nitrogen and oxygen atoms in total. The van der Waals surface area contributed by atoms with E-state index >= 15 is 0 Å². The summed E-state index contributed by atoms with van der Waals surface area (Å²) < 4.78 is 11.3. The number of ether oxygens (including phenoxy) is 2. The van der Waals surface area contributed by atoms with Gasteiger partial charge in [0.2, 0.25) is 11.9 Å². The van der Waals surface area contributed by atoms with Crippen LogP contribution in [0.2, 0.25) is 0 Å². The number of hydrogen-bond donors (Lipinski definition) is 1. The average molecular weight is 257 g/mol. The van der Waals surface area contributed by atoms with Crippen molar-refractivity contribution in [1.82, 2.24) is 19.7 Å². The first kappa shape index (κ1) is 14.4. The Labute approximate surface area is 106 Å². The Morgan fingerprint density at radius 3 is 2.44 bits per heavy atom. The number of aromatic nitrogens is 3. The van der Waals surface area contributed by atoms with Crippen LogP contribution in [-0.2, 0) is 20.8 Å². The minimum atomic E-state index is -0.0750. The first-order valence-corrected chi connectivity index (χ1v) is 5.58. The molecule has 0 saturated heterocycles. The molecule has 0 unspecified atom stereocenters. The Kier molecular flexibility index (Phi) is 6.09. The molecule has 1 heterocycles. The molecule has 2 N–H and O–H groups in total. The van der Waals surface area contributed by atoms with E-state index in [1.165, 1.54) is 11.0 Å². The van der Waals surface area contributed by atoms with Crippen LogP contribution < -0.4 is 5.73 Å². The number of nitrogens with two attached hydrogens (primary N) is 1. The second-order valence-corrected chi connectivity index (χ2v) is 3.67. The molecule has 0 aliphatic heterocycles. The van der Waals surface area contributed by atoms with Gasteiger partial charge in [-0.15, -0.1) is 5.10 Å². The fourth-order valence-electron chi connectivity index (χ4n) is 1.39. The number of nitrogen functional groups attached to an aromatic ring is 1. The van der Waals surface area contributed by atoms with Crippen molar-refractivity contribution in [2.75, 3.05) is 46.3 Å². The van der Waals surface area contributed by atoms with Crippen molar-refractivity contribution in [2.45, 2.75) is 6.54 Å². The third kappa shape index (κ3) is 4.68. The lowest BCUT2D eigenvalue weighted by molar-refractivity contribution is -0.133. The van der Waals surface area contributed by atoms with Crippen molar-refractivity contribution in [3.8, 4) is 0 Å². The standard InChI is InChI=1S/C10H19N5O3/c1-17-5-3-14(4-6-18-2)9(16)7-15-8-12-10(11)13-15/h8H,3-7H2,1-2H3,(H2,11,13). The summed E-state index contributed by atoms with van der Waals surface area (Å²) >= 11 is 0. The molecule has 0 radical (unpaired) electrons. The van der Waals surface area contributed by atoms with E-state index in [0.29, 0.717) is 26.3 Å². The van der Waals surface area contributed by atoms with Crippen molar-refractivity contribution in [1.29, 1.82) is 0 Å². The lowest BCUT2D eigenvalue weighted by Crippen LogP contribution is -2.38. The molecule has 1 aromatic heterocycles. The minimum Gasteiger partial charge on any atom is -0.383 e. The summed E-state index contributed by atoms with van der Waals surface area (Å²) in [4.78, 5) is 17.4. The van der Waals surface area contributed by atoms with Crippen LogP contribution in [0.15, 0.2) is 6.33 Å². The van der Waals surface area contributed by atoms with E-state index in [-0.39, 0.29) is 18.4 Å². The number of carbonyl (C=O) groups excluding carboxylic acids is 1. The molecule has 0 aromatic carbocycles. The number of nitrogens with zero attached hydrogens (tertiary/aromatic N) is 4. The lowest BCUT2D eigenvalue weighted by Gasteiger charge is -2.21. The third-order valence-corrected chi connectivity index (χ3v) is 2.33. The van der Waals surface area contributed by atoms with Crippen LogP contribution in [0.1, 0.15) is 0 Å². The summed E-state index contributed by atoms with van der Waals surface area (Å²) in [6.07, 6.45) is 1.43. The highest BCUT2D eigenvalue weighted by Gasteiger charge is 2.14. The average Bonchev–Trinajstić information content (AvgIpc) is 2.75. The lowest BCUT2D eigenvalue weighted by atomic mass is 10.4. The molecule has 0 bridgehead atoms. The van der Waals surface area contributed by atoms with Gasteiger partial charge in [0.25, 0.3) is 0 Å². The molecule has 1 rings (SSSR count). The molecular weight excluding hydrogens is 238 g/mol. The molecule has 0 fully saturated rings. The zero-order valence-electron chi connectivity index (χ0n) is 10.7. The number of anilines is 1. The minimum absolute atomic E-state index is 0.0750. The zero-order chi connectivity index (χ0) is 13.4. The van der Waals surface area contributed by atoms with Gasteiger partial charge in [-0.1, -0.05) is 0 Å². The van der Waals surface area contributed by atoms with Gasteiger partial charge >= 0.3 is 0 Å². The fraction of sp³-hybridized carbons (Fsp3) is 0.700. The smallest absolute Gasteiger partial charge is 0.244 e. The summed E-state index contributed by atoms with van der Waals surface area (Å²) in [5.41, 5.74) is 5.38. The summed E-state index contributed by atoms with van der Waals surface area (Å²) in [7, 11) is 3.19. The van der Waals surface area contributed by atoms with Crippen molar-refractivity contribution < 1.29 is 14.3 Å². The second kappa shape index (κ2) is 7.62. The van der Waals surface area contributed by atoms with Crippen molar-refractivity contribution in [2.24, 2.45) is 0 Å². The SMILES string of the molecule is COCCN(CCOC)C(=O)Cn1cnc(N)n1. The highest BCUT2D eigenvalue weighted by Crippen LogP contribution is 1.96. The summed E-state index contributed by atoms with van der Waals surface area (Å²) in [6, 6.07) is 0. The van der Waals surface area contributed by atoms with Gasteiger partial charge in [-0.3, -0.25) is 4.79 Å². The molecule has 0 spiro atoms. The van der Waals surface area contributed by atoms with E-state index in [2.05, 4.69) is 10.1 Å². The molecule has 0 aliphatic carbocycles. The van der Waals surface area contributed by atoms with Gasteiger partial charge in [0.05, 0.1) is 13.2 Å². The van der Waals surface area contributed by atoms with Gasteiger partial charge < -0.3 is 20.1 Å². The van der Waals surface area contributed by atoms with Crippen LogP contribution in [0.25, 0.3) is 0 Å². The first-order valence-electron chi connectivity index (χ1n) is 5.58. The molecule has 0 saturated carbocycles. The quantitative estimate of drug-likeness (QED) is 0.640. The normalized spacial score (nSPS) is 10.6. The van der Waals surface area contributed by atoms with E-state index in [1.54, 1.807) is 19.1 Å². The first-order chi connectivity index (χ1) is 8.67. The van der Waals surface area contributed by atoms with Crippen LogP contribution in [0.3, 0.4) is 0 Å². The highest BCUT2D eigenvalue weighted by atomic mass is 16.5. The van der Waals surface area contributed by atoms with E-state index in [9.17, 15) is 4.79 Å². The maximum atomic E-state index is 12.0. The molecular formula is C10H19N5O3. The van der Waals surface area contributed by atoms with Crippen LogP contribution in [0.5, 0.6) is 0 Å². The predicted octanol–water partition coefficient (Wildman–Crippen LogP) is -1.02. The van der Waals surface area contributed by atoms with Crippen LogP contribution in [-0.4, -0.2) is 66.1 Å². The van der Waals surface area contributed by atoms with Crippen LogP contribution >= 0.6 is 0 Å². The van der Waals surface area contributed by atoms with Crippen molar-refractivity contribution in [3.05, 3.63) is 6.33 Å². The summed E-state index contributed by atoms with van der Waals surface area (Å²) in [6.45, 7) is 2.10. The van der Waals surface area contributed by atoms with E-state index in [0.717, 1.165) is 0 Å². The van der Waals surface area contributed by atoms with E-state index in [4.69, 9.17) is 15.2 Å². The molecule has 8 heteroatoms. The largest absolute Gasteiger partial charge is 0.383 e. The molecule has 0 aliphatic rings. The Morgan fingerprint density at radius 1 is 1.39 bits per heavy atom. The molecule has 18 heavy (non-hydrogen) atoms. The zero-order valence-corrected chi connectivity index (χ0v) is 10.7. The number of amides is 1. The van der Waals surface area contributed by atoms with Gasteiger partial charge in [-0.05, 0) is 0 Å². The van der Waals surface area contributed by atoms with Gasteiger partial charge in [0, 0.05) is 27.3 Å². The molecule has 102 valence electrons. The Hall–Kier alpha value is -1.67. The van der Waals surface area contributed by atoms with Crippen molar-refractivity contribution in [3.63, 3.8) is 0 Å². The topological polar surface area (TPSA) is 95.5 Å². The maximum absolute atomic E-state index is 12.0. The summed E-state index contributed by atoms with van der Waals surface area (Å²) in [5, 5.41) is 3.87. The van der Waals surface area contributed by atoms with Gasteiger partial charge in [-0.25, -0.2) is 9.67 Å². The van der Waals surface area contributed by atoms with E-state index in [1.807, 2.05) is 0 Å². The van der Waals surface area contributed by atoms with E-state index < -0.39 is 0 Å². The van der Waals surface area contributed by atoms with Crippen LogP contribution in [0.4, 0.5) is 5.95 Å². The van der Waals surface area contributed by atoms with Crippen molar-refractivity contribution >= 4 is 11.9 Å². The Balaban J connectivity index is 2.51. The van der Waals surface area contributed by atoms with Crippen LogP contribution in [0, 0.1) is 0 Å². The number of methoxy groups -OCH3 is 2. The maximum Gasteiger partial charge on any atom is 0.244 e. The summed E-state index contributed by atoms with van der Waals surface area (Å²) in [5.74, 6) is 0.0807. The monoisotopic (exact) mass is 257 g/mol. The second-order valence-electron chi connectivity index (χ2n) is 3.67. The molecule has 1 amide bonds. The number of carbonyl (C=O) groups is 1. The molecule has 1 aromatic rings. The van der Waals surface area contributed by atoms with Gasteiger partial charge in [0.15, 0.2) is 0 Å². The number of hydrogen-bond acceptors (Lipinski definition) is 6. The third-order valence-electron chi connectivity index (χ3n) is 2.33. The van der Waals surface area contributed by atoms with Gasteiger partial charge in [-0.2, -0.15) is 0 Å². The Bertz CT molecular complexity index is 360. The fourth-order valence-corrected chi connectivity index (χ4v) is 1.39.